The maximum Gasteiger partial charge on any atom is 0.341 e. The summed E-state index contributed by atoms with van der Waals surface area (Å²) >= 11 is 0. The molecule has 6 heteroatoms. The lowest BCUT2D eigenvalue weighted by atomic mass is 10.2. The summed E-state index contributed by atoms with van der Waals surface area (Å²) in [6, 6.07) is 0. The second-order valence-electron chi connectivity index (χ2n) is 2.82. The van der Waals surface area contributed by atoms with Gasteiger partial charge >= 0.3 is 5.97 Å². The molecule has 0 aliphatic carbocycles. The molecule has 14 heavy (non-hydrogen) atoms. The van der Waals surface area contributed by atoms with Crippen LogP contribution >= 0.6 is 0 Å². The van der Waals surface area contributed by atoms with Crippen LogP contribution in [0.15, 0.2) is 6.20 Å². The van der Waals surface area contributed by atoms with Crippen LogP contribution in [0.3, 0.4) is 0 Å². The summed E-state index contributed by atoms with van der Waals surface area (Å²) in [5.41, 5.74) is 6.19. The second kappa shape index (κ2) is 3.91. The Kier molecular flexibility index (Phi) is 2.85. The zero-order chi connectivity index (χ0) is 10.7. The Morgan fingerprint density at radius 2 is 2.43 bits per heavy atom. The maximum absolute atomic E-state index is 11.2. The van der Waals surface area contributed by atoms with Crippen LogP contribution < -0.4 is 5.73 Å². The van der Waals surface area contributed by atoms with Gasteiger partial charge in [0.05, 0.1) is 24.8 Å². The van der Waals surface area contributed by atoms with Crippen LogP contribution in [-0.2, 0) is 18.2 Å². The number of esters is 1. The first-order valence-corrected chi connectivity index (χ1v) is 3.98. The molecule has 0 aromatic carbocycles. The van der Waals surface area contributed by atoms with E-state index in [9.17, 15) is 4.79 Å². The minimum Gasteiger partial charge on any atom is -0.465 e. The third kappa shape index (κ3) is 1.90. The van der Waals surface area contributed by atoms with Gasteiger partial charge in [0.2, 0.25) is 0 Å². The molecule has 0 spiro atoms. The van der Waals surface area contributed by atoms with E-state index in [4.69, 9.17) is 11.1 Å². The van der Waals surface area contributed by atoms with Gasteiger partial charge in [-0.25, -0.2) is 4.79 Å². The predicted molar refractivity (Wildman–Crippen MR) is 50.2 cm³/mol. The van der Waals surface area contributed by atoms with E-state index in [-0.39, 0.29) is 12.3 Å². The molecule has 0 amide bonds. The van der Waals surface area contributed by atoms with E-state index in [0.29, 0.717) is 11.3 Å². The van der Waals surface area contributed by atoms with Crippen LogP contribution in [0.25, 0.3) is 0 Å². The Hall–Kier alpha value is -1.85. The van der Waals surface area contributed by atoms with Gasteiger partial charge in [-0.1, -0.05) is 0 Å². The summed E-state index contributed by atoms with van der Waals surface area (Å²) in [4.78, 5) is 11.2. The van der Waals surface area contributed by atoms with Crippen molar-refractivity contribution in [2.45, 2.75) is 6.42 Å². The van der Waals surface area contributed by atoms with E-state index in [1.54, 1.807) is 7.05 Å². The largest absolute Gasteiger partial charge is 0.465 e. The Morgan fingerprint density at radius 3 is 2.93 bits per heavy atom. The second-order valence-corrected chi connectivity index (χ2v) is 2.82. The van der Waals surface area contributed by atoms with Gasteiger partial charge in [-0.05, 0) is 0 Å². The molecule has 1 aromatic rings. The van der Waals surface area contributed by atoms with E-state index < -0.39 is 5.97 Å². The SMILES string of the molecule is COC(=O)c1cnn(C)c1CC(=N)N. The van der Waals surface area contributed by atoms with Gasteiger partial charge in [-0.3, -0.25) is 10.1 Å². The van der Waals surface area contributed by atoms with Crippen molar-refractivity contribution in [3.8, 4) is 0 Å². The van der Waals surface area contributed by atoms with Crippen LogP contribution in [0, 0.1) is 5.41 Å². The topological polar surface area (TPSA) is 94.0 Å². The molecule has 0 unspecified atom stereocenters. The molecule has 0 aliphatic rings. The minimum atomic E-state index is -0.464. The van der Waals surface area contributed by atoms with E-state index >= 15 is 0 Å². The molecule has 1 heterocycles. The van der Waals surface area contributed by atoms with Crippen LogP contribution in [0.2, 0.25) is 0 Å². The average Bonchev–Trinajstić information content (AvgIpc) is 2.46. The monoisotopic (exact) mass is 196 g/mol. The van der Waals surface area contributed by atoms with Crippen molar-refractivity contribution in [3.63, 3.8) is 0 Å². The number of nitrogens with zero attached hydrogens (tertiary/aromatic N) is 2. The molecule has 6 nitrogen and oxygen atoms in total. The van der Waals surface area contributed by atoms with Crippen molar-refractivity contribution in [2.24, 2.45) is 12.8 Å². The predicted octanol–water partition coefficient (Wildman–Crippen LogP) is -0.315. The zero-order valence-corrected chi connectivity index (χ0v) is 8.07. The molecular weight excluding hydrogens is 184 g/mol. The number of hydrogen-bond donors (Lipinski definition) is 2. The summed E-state index contributed by atoms with van der Waals surface area (Å²) in [6.07, 6.45) is 1.60. The summed E-state index contributed by atoms with van der Waals surface area (Å²) in [7, 11) is 2.98. The number of carbonyl (C=O) groups excluding carboxylic acids is 1. The van der Waals surface area contributed by atoms with Gasteiger partial charge in [0.15, 0.2) is 0 Å². The lowest BCUT2D eigenvalue weighted by molar-refractivity contribution is 0.0599. The summed E-state index contributed by atoms with van der Waals surface area (Å²) in [5.74, 6) is -0.479. The first kappa shape index (κ1) is 10.2. The number of hydrogen-bond acceptors (Lipinski definition) is 4. The van der Waals surface area contributed by atoms with E-state index in [1.165, 1.54) is 18.0 Å². The standard InChI is InChI=1S/C8H12N4O2/c1-12-6(3-7(9)10)5(4-11-12)8(13)14-2/h4H,3H2,1-2H3,(H3,9,10). The Balaban J connectivity index is 3.05. The molecule has 1 aromatic heterocycles. The number of nitrogens with two attached hydrogens (primary N) is 1. The van der Waals surface area contributed by atoms with Gasteiger partial charge in [-0.15, -0.1) is 0 Å². The summed E-state index contributed by atoms with van der Waals surface area (Å²) in [6.45, 7) is 0. The Labute approximate surface area is 81.2 Å². The number of aryl methyl sites for hydroxylation is 1. The van der Waals surface area contributed by atoms with Gasteiger partial charge in [0.25, 0.3) is 0 Å². The number of carbonyl (C=O) groups is 1. The van der Waals surface area contributed by atoms with Gasteiger partial charge in [0.1, 0.15) is 5.56 Å². The van der Waals surface area contributed by atoms with E-state index in [2.05, 4.69) is 9.84 Å². The van der Waals surface area contributed by atoms with Crippen LogP contribution in [0.5, 0.6) is 0 Å². The maximum atomic E-state index is 11.2. The first-order chi connectivity index (χ1) is 6.56. The molecule has 0 atom stereocenters. The van der Waals surface area contributed by atoms with Crippen LogP contribution in [-0.4, -0.2) is 28.7 Å². The number of ether oxygens (including phenoxy) is 1. The number of nitrogens with one attached hydrogen (secondary N) is 1. The molecule has 3 N–H and O–H groups in total. The van der Waals surface area contributed by atoms with Crippen molar-refractivity contribution in [3.05, 3.63) is 17.5 Å². The molecule has 0 radical (unpaired) electrons. The van der Waals surface area contributed by atoms with Gasteiger partial charge in [-0.2, -0.15) is 5.10 Å². The van der Waals surface area contributed by atoms with Crippen molar-refractivity contribution < 1.29 is 9.53 Å². The molecule has 0 bridgehead atoms. The highest BCUT2D eigenvalue weighted by Gasteiger charge is 2.16. The minimum absolute atomic E-state index is 0.0150. The highest BCUT2D eigenvalue weighted by Crippen LogP contribution is 2.09. The highest BCUT2D eigenvalue weighted by atomic mass is 16.5. The number of methoxy groups -OCH3 is 1. The van der Waals surface area contributed by atoms with Crippen molar-refractivity contribution >= 4 is 11.8 Å². The molecule has 76 valence electrons. The highest BCUT2D eigenvalue weighted by molar-refractivity contribution is 5.92. The quantitative estimate of drug-likeness (QED) is 0.393. The number of aromatic nitrogens is 2. The number of rotatable bonds is 3. The fraction of sp³-hybridized carbons (Fsp3) is 0.375. The van der Waals surface area contributed by atoms with E-state index in [0.717, 1.165) is 0 Å². The third-order valence-electron chi connectivity index (χ3n) is 1.82. The fourth-order valence-corrected chi connectivity index (χ4v) is 1.13. The smallest absolute Gasteiger partial charge is 0.341 e. The van der Waals surface area contributed by atoms with Crippen LogP contribution in [0.4, 0.5) is 0 Å². The Bertz CT molecular complexity index is 369. The first-order valence-electron chi connectivity index (χ1n) is 3.98. The van der Waals surface area contributed by atoms with Crippen LogP contribution in [0.1, 0.15) is 16.1 Å². The number of amidine groups is 1. The van der Waals surface area contributed by atoms with Crippen molar-refractivity contribution in [1.29, 1.82) is 5.41 Å². The lowest BCUT2D eigenvalue weighted by Gasteiger charge is -2.03. The molecule has 0 saturated carbocycles. The Morgan fingerprint density at radius 1 is 1.79 bits per heavy atom. The van der Waals surface area contributed by atoms with Crippen molar-refractivity contribution in [1.82, 2.24) is 9.78 Å². The van der Waals surface area contributed by atoms with Gasteiger partial charge < -0.3 is 10.5 Å². The zero-order valence-electron chi connectivity index (χ0n) is 8.07. The summed E-state index contributed by atoms with van der Waals surface area (Å²) < 4.78 is 6.08. The van der Waals surface area contributed by atoms with Gasteiger partial charge in [0, 0.05) is 13.5 Å². The summed E-state index contributed by atoms with van der Waals surface area (Å²) in [5, 5.41) is 11.0. The molecule has 0 fully saturated rings. The van der Waals surface area contributed by atoms with Crippen molar-refractivity contribution in [2.75, 3.05) is 7.11 Å². The molecule has 0 saturated heterocycles. The average molecular weight is 196 g/mol. The normalized spacial score (nSPS) is 9.86. The molecule has 1 rings (SSSR count). The fourth-order valence-electron chi connectivity index (χ4n) is 1.13. The third-order valence-corrected chi connectivity index (χ3v) is 1.82. The lowest BCUT2D eigenvalue weighted by Crippen LogP contribution is -2.17. The van der Waals surface area contributed by atoms with E-state index in [1.807, 2.05) is 0 Å². The molecule has 0 aliphatic heterocycles. The molecular formula is C8H12N4O2.